The predicted molar refractivity (Wildman–Crippen MR) is 102 cm³/mol. The Morgan fingerprint density at radius 2 is 1.92 bits per heavy atom. The molecule has 0 amide bonds. The van der Waals surface area contributed by atoms with Gasteiger partial charge in [-0.05, 0) is 68.9 Å². The van der Waals surface area contributed by atoms with Crippen LogP contribution in [0.5, 0.6) is 0 Å². The van der Waals surface area contributed by atoms with Gasteiger partial charge in [-0.2, -0.15) is 0 Å². The molecular formula is C18H21N5OS2. The fraction of sp³-hybridized carbons (Fsp3) is 0.556. The molecule has 1 saturated heterocycles. The number of hydrogen-bond acceptors (Lipinski definition) is 8. The Labute approximate surface area is 160 Å². The van der Waals surface area contributed by atoms with Crippen LogP contribution in [-0.2, 0) is 19.4 Å². The van der Waals surface area contributed by atoms with E-state index in [9.17, 15) is 0 Å². The van der Waals surface area contributed by atoms with E-state index in [1.807, 2.05) is 11.3 Å². The molecule has 26 heavy (non-hydrogen) atoms. The van der Waals surface area contributed by atoms with Crippen molar-refractivity contribution in [1.82, 2.24) is 25.1 Å². The second-order valence-corrected chi connectivity index (χ2v) is 8.99. The van der Waals surface area contributed by atoms with Crippen molar-refractivity contribution >= 4 is 33.3 Å². The van der Waals surface area contributed by atoms with Crippen molar-refractivity contribution in [3.05, 3.63) is 22.7 Å². The van der Waals surface area contributed by atoms with E-state index in [0.717, 1.165) is 35.9 Å². The molecule has 1 fully saturated rings. The summed E-state index contributed by atoms with van der Waals surface area (Å²) in [5, 5.41) is 11.2. The van der Waals surface area contributed by atoms with E-state index < -0.39 is 0 Å². The molecule has 3 aromatic heterocycles. The number of fused-ring (bicyclic) bond motifs is 3. The lowest BCUT2D eigenvalue weighted by atomic mass is 10.1. The van der Waals surface area contributed by atoms with Gasteiger partial charge in [-0.15, -0.1) is 21.5 Å². The quantitative estimate of drug-likeness (QED) is 0.493. The van der Waals surface area contributed by atoms with Gasteiger partial charge in [0.05, 0.1) is 6.54 Å². The minimum absolute atomic E-state index is 0.577. The smallest absolute Gasteiger partial charge is 0.283 e. The zero-order valence-electron chi connectivity index (χ0n) is 14.6. The molecule has 1 aliphatic carbocycles. The summed E-state index contributed by atoms with van der Waals surface area (Å²) >= 11 is 3.30. The lowest BCUT2D eigenvalue weighted by Gasteiger charge is -2.10. The van der Waals surface area contributed by atoms with Crippen LogP contribution in [0.4, 0.5) is 0 Å². The lowest BCUT2D eigenvalue weighted by molar-refractivity contribution is 0.278. The molecule has 0 unspecified atom stereocenters. The molecule has 6 nitrogen and oxygen atoms in total. The maximum atomic E-state index is 5.89. The number of hydrogen-bond donors (Lipinski definition) is 0. The van der Waals surface area contributed by atoms with Gasteiger partial charge in [0, 0.05) is 10.3 Å². The average molecular weight is 388 g/mol. The van der Waals surface area contributed by atoms with E-state index in [4.69, 9.17) is 4.42 Å². The third kappa shape index (κ3) is 3.25. The lowest BCUT2D eigenvalue weighted by Crippen LogP contribution is -2.18. The summed E-state index contributed by atoms with van der Waals surface area (Å²) in [6.45, 7) is 3.00. The van der Waals surface area contributed by atoms with Crippen LogP contribution in [0, 0.1) is 0 Å². The summed E-state index contributed by atoms with van der Waals surface area (Å²) in [5.74, 6) is 0.698. The topological polar surface area (TPSA) is 67.9 Å². The standard InChI is InChI=1S/C18H21N5OS2/c1-2-6-12-13(7-3-1)25-16-15(12)17(20-11-19-16)26-18-22-21-14(24-18)10-23-8-4-5-9-23/h11H,1-10H2. The third-order valence-electron chi connectivity index (χ3n) is 5.16. The molecule has 0 spiro atoms. The number of thiophene rings is 1. The summed E-state index contributed by atoms with van der Waals surface area (Å²) < 4.78 is 5.89. The van der Waals surface area contributed by atoms with E-state index in [0.29, 0.717) is 11.1 Å². The molecule has 0 N–H and O–H groups in total. The van der Waals surface area contributed by atoms with Gasteiger partial charge in [0.2, 0.25) is 5.89 Å². The first-order valence-electron chi connectivity index (χ1n) is 9.34. The Kier molecular flexibility index (Phi) is 4.64. The molecule has 5 rings (SSSR count). The van der Waals surface area contributed by atoms with Gasteiger partial charge in [0.1, 0.15) is 16.2 Å². The Morgan fingerprint density at radius 3 is 2.85 bits per heavy atom. The number of likely N-dealkylation sites (tertiary alicyclic amines) is 1. The maximum Gasteiger partial charge on any atom is 0.283 e. The van der Waals surface area contributed by atoms with Crippen molar-refractivity contribution in [2.24, 2.45) is 0 Å². The highest BCUT2D eigenvalue weighted by atomic mass is 32.2. The average Bonchev–Trinajstić information content (AvgIpc) is 3.35. The molecule has 2 aliphatic rings. The van der Waals surface area contributed by atoms with Crippen LogP contribution in [0.2, 0.25) is 0 Å². The van der Waals surface area contributed by atoms with E-state index >= 15 is 0 Å². The molecule has 0 saturated carbocycles. The molecule has 4 heterocycles. The van der Waals surface area contributed by atoms with Gasteiger partial charge in [0.25, 0.3) is 5.22 Å². The molecular weight excluding hydrogens is 366 g/mol. The van der Waals surface area contributed by atoms with Crippen molar-refractivity contribution < 1.29 is 4.42 Å². The molecule has 3 aromatic rings. The summed E-state index contributed by atoms with van der Waals surface area (Å²) in [6, 6.07) is 0. The zero-order chi connectivity index (χ0) is 17.3. The summed E-state index contributed by atoms with van der Waals surface area (Å²) in [7, 11) is 0. The summed E-state index contributed by atoms with van der Waals surface area (Å²) in [5.41, 5.74) is 1.45. The maximum absolute atomic E-state index is 5.89. The first-order chi connectivity index (χ1) is 12.9. The SMILES string of the molecule is c1nc(Sc2nnc(CN3CCCC3)o2)c2c3c(sc2n1)CCCCC3. The van der Waals surface area contributed by atoms with Gasteiger partial charge in [-0.3, -0.25) is 4.90 Å². The largest absolute Gasteiger partial charge is 0.414 e. The number of aryl methyl sites for hydroxylation is 2. The van der Waals surface area contributed by atoms with Crippen LogP contribution >= 0.6 is 23.1 Å². The second kappa shape index (κ2) is 7.25. The Morgan fingerprint density at radius 1 is 1.04 bits per heavy atom. The normalized spacial score (nSPS) is 18.3. The molecule has 136 valence electrons. The first kappa shape index (κ1) is 16.6. The minimum Gasteiger partial charge on any atom is -0.414 e. The highest BCUT2D eigenvalue weighted by Crippen LogP contribution is 2.40. The van der Waals surface area contributed by atoms with Crippen molar-refractivity contribution in [2.75, 3.05) is 13.1 Å². The molecule has 0 bridgehead atoms. The van der Waals surface area contributed by atoms with Crippen molar-refractivity contribution in [3.8, 4) is 0 Å². The van der Waals surface area contributed by atoms with Crippen LogP contribution < -0.4 is 0 Å². The molecule has 1 aliphatic heterocycles. The van der Waals surface area contributed by atoms with E-state index in [2.05, 4.69) is 25.1 Å². The Balaban J connectivity index is 1.42. The second-order valence-electron chi connectivity index (χ2n) is 6.97. The van der Waals surface area contributed by atoms with E-state index in [-0.39, 0.29) is 0 Å². The molecule has 0 atom stereocenters. The van der Waals surface area contributed by atoms with E-state index in [1.165, 1.54) is 66.1 Å². The third-order valence-corrected chi connectivity index (χ3v) is 7.20. The van der Waals surface area contributed by atoms with Gasteiger partial charge in [0.15, 0.2) is 0 Å². The van der Waals surface area contributed by atoms with Crippen molar-refractivity contribution in [3.63, 3.8) is 0 Å². The number of aromatic nitrogens is 4. The van der Waals surface area contributed by atoms with Gasteiger partial charge >= 0.3 is 0 Å². The molecule has 0 aromatic carbocycles. The minimum atomic E-state index is 0.577. The van der Waals surface area contributed by atoms with Crippen LogP contribution in [0.25, 0.3) is 10.2 Å². The van der Waals surface area contributed by atoms with Crippen LogP contribution in [0.15, 0.2) is 21.0 Å². The van der Waals surface area contributed by atoms with Gasteiger partial charge in [-0.25, -0.2) is 9.97 Å². The van der Waals surface area contributed by atoms with E-state index in [1.54, 1.807) is 6.33 Å². The first-order valence-corrected chi connectivity index (χ1v) is 11.0. The Hall–Kier alpha value is -1.51. The Bertz CT molecular complexity index is 916. The summed E-state index contributed by atoms with van der Waals surface area (Å²) in [6.07, 6.45) is 10.3. The summed E-state index contributed by atoms with van der Waals surface area (Å²) in [4.78, 5) is 14.0. The fourth-order valence-electron chi connectivity index (χ4n) is 3.87. The van der Waals surface area contributed by atoms with Gasteiger partial charge < -0.3 is 4.42 Å². The predicted octanol–water partition coefficient (Wildman–Crippen LogP) is 4.09. The zero-order valence-corrected chi connectivity index (χ0v) is 16.2. The van der Waals surface area contributed by atoms with Crippen molar-refractivity contribution in [1.29, 1.82) is 0 Å². The molecule has 8 heteroatoms. The highest BCUT2D eigenvalue weighted by molar-refractivity contribution is 7.99. The van der Waals surface area contributed by atoms with Crippen LogP contribution in [-0.4, -0.2) is 38.2 Å². The number of nitrogens with zero attached hydrogens (tertiary/aromatic N) is 5. The van der Waals surface area contributed by atoms with Crippen LogP contribution in [0.3, 0.4) is 0 Å². The highest BCUT2D eigenvalue weighted by Gasteiger charge is 2.21. The van der Waals surface area contributed by atoms with Crippen LogP contribution in [0.1, 0.15) is 48.4 Å². The fourth-order valence-corrected chi connectivity index (χ4v) is 5.97. The van der Waals surface area contributed by atoms with Gasteiger partial charge in [-0.1, -0.05) is 6.42 Å². The molecule has 0 radical (unpaired) electrons. The number of rotatable bonds is 4. The van der Waals surface area contributed by atoms with Crippen molar-refractivity contribution in [2.45, 2.75) is 61.7 Å². The monoisotopic (exact) mass is 387 g/mol.